The average Bonchev–Trinajstić information content (AvgIpc) is 3.11. The molecule has 0 atom stereocenters. The van der Waals surface area contributed by atoms with Gasteiger partial charge in [0.1, 0.15) is 12.0 Å². The van der Waals surface area contributed by atoms with Gasteiger partial charge in [-0.2, -0.15) is 11.3 Å². The molecule has 0 bridgehead atoms. The molecule has 0 unspecified atom stereocenters. The van der Waals surface area contributed by atoms with Gasteiger partial charge in [0, 0.05) is 17.4 Å². The standard InChI is InChI=1S/C16H13NO2S/c1-11-2-4-12(5-3-11)8-15(18)14-9-19-16(17-14)13-6-7-20-10-13/h2-7,9-10H,8H2,1H3. The molecule has 4 heteroatoms. The smallest absolute Gasteiger partial charge is 0.227 e. The fraction of sp³-hybridized carbons (Fsp3) is 0.125. The number of carbonyl (C=O) groups is 1. The second-order valence-electron chi connectivity index (χ2n) is 4.64. The van der Waals surface area contributed by atoms with Gasteiger partial charge in [-0.05, 0) is 23.9 Å². The van der Waals surface area contributed by atoms with E-state index in [2.05, 4.69) is 4.98 Å². The Balaban J connectivity index is 1.76. The van der Waals surface area contributed by atoms with E-state index in [-0.39, 0.29) is 5.78 Å². The van der Waals surface area contributed by atoms with Crippen LogP contribution in [0.15, 0.2) is 51.8 Å². The number of ketones is 1. The number of Topliss-reactive ketones (excluding diaryl/α,β-unsaturated/α-hetero) is 1. The van der Waals surface area contributed by atoms with E-state index in [0.29, 0.717) is 18.0 Å². The summed E-state index contributed by atoms with van der Waals surface area (Å²) in [6, 6.07) is 9.86. The van der Waals surface area contributed by atoms with Crippen LogP contribution in [0.1, 0.15) is 21.6 Å². The molecule has 1 aromatic carbocycles. The lowest BCUT2D eigenvalue weighted by molar-refractivity contribution is 0.0988. The van der Waals surface area contributed by atoms with Gasteiger partial charge >= 0.3 is 0 Å². The van der Waals surface area contributed by atoms with E-state index in [1.165, 1.54) is 11.8 Å². The molecule has 0 radical (unpaired) electrons. The van der Waals surface area contributed by atoms with Crippen LogP contribution in [0, 0.1) is 6.92 Å². The summed E-state index contributed by atoms with van der Waals surface area (Å²) in [5.74, 6) is 0.470. The SMILES string of the molecule is Cc1ccc(CC(=O)c2coc(-c3ccsc3)n2)cc1. The van der Waals surface area contributed by atoms with Gasteiger partial charge in [-0.25, -0.2) is 4.98 Å². The minimum Gasteiger partial charge on any atom is -0.444 e. The Morgan fingerprint density at radius 1 is 1.25 bits per heavy atom. The van der Waals surface area contributed by atoms with Crippen LogP contribution in [0.2, 0.25) is 0 Å². The van der Waals surface area contributed by atoms with E-state index in [1.54, 1.807) is 11.3 Å². The third kappa shape index (κ3) is 2.70. The number of nitrogens with zero attached hydrogens (tertiary/aromatic N) is 1. The van der Waals surface area contributed by atoms with Crippen LogP contribution in [0.3, 0.4) is 0 Å². The lowest BCUT2D eigenvalue weighted by Crippen LogP contribution is -2.03. The number of hydrogen-bond donors (Lipinski definition) is 0. The van der Waals surface area contributed by atoms with Crippen LogP contribution in [-0.4, -0.2) is 10.8 Å². The van der Waals surface area contributed by atoms with Crippen molar-refractivity contribution in [3.63, 3.8) is 0 Å². The van der Waals surface area contributed by atoms with E-state index in [0.717, 1.165) is 11.1 Å². The summed E-state index contributed by atoms with van der Waals surface area (Å²) in [6.45, 7) is 2.02. The quantitative estimate of drug-likeness (QED) is 0.676. The second kappa shape index (κ2) is 5.43. The number of aromatic nitrogens is 1. The fourth-order valence-electron chi connectivity index (χ4n) is 1.90. The molecular formula is C16H13NO2S. The summed E-state index contributed by atoms with van der Waals surface area (Å²) in [7, 11) is 0. The van der Waals surface area contributed by atoms with Crippen molar-refractivity contribution in [3.8, 4) is 11.5 Å². The summed E-state index contributed by atoms with van der Waals surface area (Å²) < 4.78 is 5.36. The van der Waals surface area contributed by atoms with Crippen LogP contribution in [-0.2, 0) is 6.42 Å². The molecule has 0 spiro atoms. The zero-order valence-corrected chi connectivity index (χ0v) is 11.8. The number of thiophene rings is 1. The van der Waals surface area contributed by atoms with Crippen LogP contribution in [0.25, 0.3) is 11.5 Å². The zero-order chi connectivity index (χ0) is 13.9. The molecule has 20 heavy (non-hydrogen) atoms. The van der Waals surface area contributed by atoms with Crippen LogP contribution in [0.4, 0.5) is 0 Å². The molecule has 3 nitrogen and oxygen atoms in total. The molecular weight excluding hydrogens is 270 g/mol. The first-order valence-electron chi connectivity index (χ1n) is 6.29. The van der Waals surface area contributed by atoms with Crippen molar-refractivity contribution in [2.24, 2.45) is 0 Å². The number of rotatable bonds is 4. The topological polar surface area (TPSA) is 43.1 Å². The molecule has 3 aromatic rings. The van der Waals surface area contributed by atoms with E-state index in [1.807, 2.05) is 48.0 Å². The first kappa shape index (κ1) is 12.8. The van der Waals surface area contributed by atoms with Crippen molar-refractivity contribution >= 4 is 17.1 Å². The Kier molecular flexibility index (Phi) is 3.48. The largest absolute Gasteiger partial charge is 0.444 e. The van der Waals surface area contributed by atoms with Crippen molar-refractivity contribution in [2.45, 2.75) is 13.3 Å². The third-order valence-corrected chi connectivity index (χ3v) is 3.73. The van der Waals surface area contributed by atoms with Crippen molar-refractivity contribution in [1.82, 2.24) is 4.98 Å². The summed E-state index contributed by atoms with van der Waals surface area (Å²) >= 11 is 1.57. The van der Waals surface area contributed by atoms with Crippen LogP contribution in [0.5, 0.6) is 0 Å². The maximum Gasteiger partial charge on any atom is 0.227 e. The molecule has 0 aliphatic carbocycles. The monoisotopic (exact) mass is 283 g/mol. The molecule has 0 amide bonds. The molecule has 100 valence electrons. The Bertz CT molecular complexity index is 711. The normalized spacial score (nSPS) is 10.7. The molecule has 0 aliphatic rings. The number of aryl methyl sites for hydroxylation is 1. The third-order valence-electron chi connectivity index (χ3n) is 3.04. The summed E-state index contributed by atoms with van der Waals surface area (Å²) in [5, 5.41) is 3.90. The Morgan fingerprint density at radius 3 is 2.75 bits per heavy atom. The summed E-state index contributed by atoms with van der Waals surface area (Å²) in [5.41, 5.74) is 3.46. The Morgan fingerprint density at radius 2 is 2.05 bits per heavy atom. The molecule has 0 saturated heterocycles. The highest BCUT2D eigenvalue weighted by Crippen LogP contribution is 2.21. The van der Waals surface area contributed by atoms with E-state index < -0.39 is 0 Å². The van der Waals surface area contributed by atoms with Gasteiger partial charge in [0.25, 0.3) is 0 Å². The highest BCUT2D eigenvalue weighted by Gasteiger charge is 2.14. The lowest BCUT2D eigenvalue weighted by atomic mass is 10.1. The van der Waals surface area contributed by atoms with Gasteiger partial charge in [0.2, 0.25) is 5.89 Å². The molecule has 0 aliphatic heterocycles. The van der Waals surface area contributed by atoms with Gasteiger partial charge in [-0.1, -0.05) is 29.8 Å². The van der Waals surface area contributed by atoms with Gasteiger partial charge in [-0.15, -0.1) is 0 Å². The summed E-state index contributed by atoms with van der Waals surface area (Å²) in [6.07, 6.45) is 1.78. The van der Waals surface area contributed by atoms with Gasteiger partial charge < -0.3 is 4.42 Å². The van der Waals surface area contributed by atoms with Crippen LogP contribution >= 0.6 is 11.3 Å². The molecule has 0 saturated carbocycles. The molecule has 0 fully saturated rings. The number of oxazole rings is 1. The molecule has 0 N–H and O–H groups in total. The Hall–Kier alpha value is -2.20. The minimum absolute atomic E-state index is 0.0286. The van der Waals surface area contributed by atoms with Gasteiger partial charge in [-0.3, -0.25) is 4.79 Å². The van der Waals surface area contributed by atoms with E-state index in [9.17, 15) is 4.79 Å². The highest BCUT2D eigenvalue weighted by atomic mass is 32.1. The number of benzene rings is 1. The minimum atomic E-state index is -0.0286. The molecule has 3 rings (SSSR count). The van der Waals surface area contributed by atoms with Crippen molar-refractivity contribution < 1.29 is 9.21 Å². The summed E-state index contributed by atoms with van der Waals surface area (Å²) in [4.78, 5) is 16.4. The van der Waals surface area contributed by atoms with Crippen molar-refractivity contribution in [2.75, 3.05) is 0 Å². The second-order valence-corrected chi connectivity index (χ2v) is 5.42. The van der Waals surface area contributed by atoms with Crippen molar-refractivity contribution in [3.05, 3.63) is 64.2 Å². The zero-order valence-electron chi connectivity index (χ0n) is 11.0. The van der Waals surface area contributed by atoms with Gasteiger partial charge in [0.15, 0.2) is 5.78 Å². The van der Waals surface area contributed by atoms with Crippen molar-refractivity contribution in [1.29, 1.82) is 0 Å². The van der Waals surface area contributed by atoms with Crippen LogP contribution < -0.4 is 0 Å². The fourth-order valence-corrected chi connectivity index (χ4v) is 2.53. The van der Waals surface area contributed by atoms with Gasteiger partial charge in [0.05, 0.1) is 0 Å². The Labute approximate surface area is 120 Å². The predicted molar refractivity (Wildman–Crippen MR) is 79.0 cm³/mol. The van der Waals surface area contributed by atoms with E-state index >= 15 is 0 Å². The average molecular weight is 283 g/mol. The number of hydrogen-bond acceptors (Lipinski definition) is 4. The maximum atomic E-state index is 12.2. The highest BCUT2D eigenvalue weighted by molar-refractivity contribution is 7.08. The van der Waals surface area contributed by atoms with E-state index in [4.69, 9.17) is 4.42 Å². The molecule has 2 aromatic heterocycles. The first-order valence-corrected chi connectivity index (χ1v) is 7.23. The molecule has 2 heterocycles. The lowest BCUT2D eigenvalue weighted by Gasteiger charge is -1.99. The number of carbonyl (C=O) groups excluding carboxylic acids is 1. The first-order chi connectivity index (χ1) is 9.72. The maximum absolute atomic E-state index is 12.2. The predicted octanol–water partition coefficient (Wildman–Crippen LogP) is 4.14.